The van der Waals surface area contributed by atoms with Gasteiger partial charge in [0.25, 0.3) is 5.91 Å². The highest BCUT2D eigenvalue weighted by Gasteiger charge is 2.42. The largest absolute Gasteiger partial charge is 0.335 e. The lowest BCUT2D eigenvalue weighted by Crippen LogP contribution is -2.45. The van der Waals surface area contributed by atoms with Crippen molar-refractivity contribution in [2.24, 2.45) is 0 Å². The number of hydrogen-bond donors (Lipinski definition) is 1. The number of ketones is 1. The average molecular weight is 439 g/mol. The molecule has 0 fully saturated rings. The first-order valence-corrected chi connectivity index (χ1v) is 12.0. The SMILES string of the molecule is O=C(NC(C(=O)c1ccccc1)P(=O)(c1ccccc1)c1ccccc1)c1ccccc1. The van der Waals surface area contributed by atoms with E-state index in [9.17, 15) is 14.2 Å². The lowest BCUT2D eigenvalue weighted by Gasteiger charge is -2.28. The van der Waals surface area contributed by atoms with Gasteiger partial charge in [0.2, 0.25) is 0 Å². The molecule has 4 nitrogen and oxygen atoms in total. The van der Waals surface area contributed by atoms with E-state index in [2.05, 4.69) is 5.32 Å². The van der Waals surface area contributed by atoms with Crippen LogP contribution in [0.1, 0.15) is 20.7 Å². The van der Waals surface area contributed by atoms with Gasteiger partial charge in [0, 0.05) is 21.7 Å². The fraction of sp³-hybridized carbons (Fsp3) is 0.0370. The maximum absolute atomic E-state index is 14.9. The first-order chi connectivity index (χ1) is 15.6. The van der Waals surface area contributed by atoms with Gasteiger partial charge in [-0.2, -0.15) is 0 Å². The van der Waals surface area contributed by atoms with E-state index in [4.69, 9.17) is 0 Å². The molecule has 158 valence electrons. The van der Waals surface area contributed by atoms with Crippen LogP contribution in [0, 0.1) is 0 Å². The number of benzene rings is 4. The molecule has 1 N–H and O–H groups in total. The molecule has 5 heteroatoms. The number of amides is 1. The third-order valence-corrected chi connectivity index (χ3v) is 8.48. The molecule has 1 atom stereocenters. The Hall–Kier alpha value is -3.75. The van der Waals surface area contributed by atoms with E-state index >= 15 is 0 Å². The first kappa shape index (κ1) is 21.5. The van der Waals surface area contributed by atoms with Crippen molar-refractivity contribution in [3.8, 4) is 0 Å². The topological polar surface area (TPSA) is 63.2 Å². The molecule has 0 saturated carbocycles. The second-order valence-corrected chi connectivity index (χ2v) is 10.2. The molecule has 0 spiro atoms. The number of rotatable bonds is 7. The molecule has 1 unspecified atom stereocenters. The zero-order valence-corrected chi connectivity index (χ0v) is 18.2. The van der Waals surface area contributed by atoms with Crippen LogP contribution < -0.4 is 15.9 Å². The van der Waals surface area contributed by atoms with Gasteiger partial charge in [0.05, 0.1) is 0 Å². The van der Waals surface area contributed by atoms with Gasteiger partial charge in [-0.15, -0.1) is 0 Å². The summed E-state index contributed by atoms with van der Waals surface area (Å²) in [6.45, 7) is 0. The van der Waals surface area contributed by atoms with Gasteiger partial charge in [0.1, 0.15) is 0 Å². The second-order valence-electron chi connectivity index (χ2n) is 7.30. The highest BCUT2D eigenvalue weighted by molar-refractivity contribution is 7.80. The maximum atomic E-state index is 14.9. The van der Waals surface area contributed by atoms with Crippen LogP contribution in [0.25, 0.3) is 0 Å². The summed E-state index contributed by atoms with van der Waals surface area (Å²) in [6, 6.07) is 35.0. The van der Waals surface area contributed by atoms with E-state index in [0.717, 1.165) is 0 Å². The van der Waals surface area contributed by atoms with Crippen molar-refractivity contribution in [3.63, 3.8) is 0 Å². The van der Waals surface area contributed by atoms with E-state index in [1.54, 1.807) is 97.1 Å². The molecule has 4 aromatic carbocycles. The zero-order chi connectivity index (χ0) is 22.4. The van der Waals surface area contributed by atoms with E-state index in [1.807, 2.05) is 24.3 Å². The average Bonchev–Trinajstić information content (AvgIpc) is 2.88. The van der Waals surface area contributed by atoms with Crippen molar-refractivity contribution in [2.75, 3.05) is 0 Å². The van der Waals surface area contributed by atoms with Crippen LogP contribution in [0.2, 0.25) is 0 Å². The molecule has 4 rings (SSSR count). The molecule has 0 aromatic heterocycles. The lowest BCUT2D eigenvalue weighted by molar-refractivity contribution is 0.0888. The molecule has 4 aromatic rings. The van der Waals surface area contributed by atoms with E-state index in [-0.39, 0.29) is 0 Å². The van der Waals surface area contributed by atoms with Crippen LogP contribution in [0.4, 0.5) is 0 Å². The smallest absolute Gasteiger partial charge is 0.252 e. The van der Waals surface area contributed by atoms with Gasteiger partial charge in [-0.1, -0.05) is 109 Å². The second kappa shape index (κ2) is 9.59. The van der Waals surface area contributed by atoms with Gasteiger partial charge < -0.3 is 9.88 Å². The molecule has 0 aliphatic carbocycles. The summed E-state index contributed by atoms with van der Waals surface area (Å²) in [5.74, 6) is -2.11. The number of carbonyl (C=O) groups is 2. The Morgan fingerprint density at radius 1 is 0.562 bits per heavy atom. The number of nitrogens with one attached hydrogen (secondary N) is 1. The Balaban J connectivity index is 1.88. The maximum Gasteiger partial charge on any atom is 0.252 e. The Labute approximate surface area is 187 Å². The Kier molecular flexibility index (Phi) is 6.44. The van der Waals surface area contributed by atoms with E-state index < -0.39 is 24.6 Å². The van der Waals surface area contributed by atoms with E-state index in [1.165, 1.54) is 0 Å². The Bertz CT molecular complexity index is 1200. The highest BCUT2D eigenvalue weighted by atomic mass is 31.2. The molecular formula is C27H22NO3P. The molecule has 1 amide bonds. The van der Waals surface area contributed by atoms with Crippen LogP contribution in [-0.2, 0) is 4.57 Å². The number of hydrogen-bond acceptors (Lipinski definition) is 3. The summed E-state index contributed by atoms with van der Waals surface area (Å²) in [5, 5.41) is 3.83. The number of Topliss-reactive ketones (excluding diaryl/α,β-unsaturated/α-hetero) is 1. The highest BCUT2D eigenvalue weighted by Crippen LogP contribution is 2.48. The summed E-state index contributed by atoms with van der Waals surface area (Å²) in [7, 11) is -3.61. The minimum Gasteiger partial charge on any atom is -0.335 e. The summed E-state index contributed by atoms with van der Waals surface area (Å²) >= 11 is 0. The van der Waals surface area contributed by atoms with Gasteiger partial charge in [-0.3, -0.25) is 9.59 Å². The lowest BCUT2D eigenvalue weighted by atomic mass is 10.1. The van der Waals surface area contributed by atoms with Crippen LogP contribution in [0.3, 0.4) is 0 Å². The third kappa shape index (κ3) is 4.32. The minimum absolute atomic E-state index is 0.387. The fourth-order valence-corrected chi connectivity index (χ4v) is 6.53. The van der Waals surface area contributed by atoms with Crippen LogP contribution in [-0.4, -0.2) is 17.5 Å². The fourth-order valence-electron chi connectivity index (χ4n) is 3.63. The normalized spacial score (nSPS) is 12.0. The standard InChI is InChI=1S/C27H22NO3P/c29-25(21-13-5-1-6-14-21)27(28-26(30)22-15-7-2-8-16-22)32(31,23-17-9-3-10-18-23)24-19-11-4-12-20-24/h1-20,27H,(H,28,30). The van der Waals surface area contributed by atoms with Crippen molar-refractivity contribution in [1.29, 1.82) is 0 Å². The summed E-state index contributed by atoms with van der Waals surface area (Å²) < 4.78 is 14.9. The quantitative estimate of drug-likeness (QED) is 0.337. The minimum atomic E-state index is -3.61. The molecule has 0 aliphatic rings. The van der Waals surface area contributed by atoms with Gasteiger partial charge in [-0.05, 0) is 12.1 Å². The van der Waals surface area contributed by atoms with Crippen molar-refractivity contribution >= 4 is 29.4 Å². The van der Waals surface area contributed by atoms with Crippen LogP contribution >= 0.6 is 7.14 Å². The number of carbonyl (C=O) groups excluding carboxylic acids is 2. The summed E-state index contributed by atoms with van der Waals surface area (Å²) in [5.41, 5.74) is 0.781. The van der Waals surface area contributed by atoms with E-state index in [0.29, 0.717) is 21.7 Å². The van der Waals surface area contributed by atoms with Crippen molar-refractivity contribution in [2.45, 2.75) is 5.78 Å². The molecule has 0 aliphatic heterocycles. The predicted octanol–water partition coefficient (Wildman–Crippen LogP) is 4.64. The molecule has 0 radical (unpaired) electrons. The van der Waals surface area contributed by atoms with Gasteiger partial charge in [0.15, 0.2) is 18.7 Å². The summed E-state index contributed by atoms with van der Waals surface area (Å²) in [4.78, 5) is 26.8. The predicted molar refractivity (Wildman–Crippen MR) is 128 cm³/mol. The van der Waals surface area contributed by atoms with Gasteiger partial charge in [-0.25, -0.2) is 0 Å². The van der Waals surface area contributed by atoms with Crippen LogP contribution in [0.5, 0.6) is 0 Å². The van der Waals surface area contributed by atoms with Gasteiger partial charge >= 0.3 is 0 Å². The molecular weight excluding hydrogens is 417 g/mol. The van der Waals surface area contributed by atoms with Crippen molar-refractivity contribution in [3.05, 3.63) is 132 Å². The molecule has 32 heavy (non-hydrogen) atoms. The molecule has 0 bridgehead atoms. The van der Waals surface area contributed by atoms with Crippen LogP contribution in [0.15, 0.2) is 121 Å². The molecule has 0 saturated heterocycles. The monoisotopic (exact) mass is 439 g/mol. The first-order valence-electron chi connectivity index (χ1n) is 10.3. The zero-order valence-electron chi connectivity index (χ0n) is 17.3. The van der Waals surface area contributed by atoms with Crippen molar-refractivity contribution in [1.82, 2.24) is 5.32 Å². The Morgan fingerprint density at radius 3 is 1.38 bits per heavy atom. The Morgan fingerprint density at radius 2 is 0.938 bits per heavy atom. The molecule has 0 heterocycles. The summed E-state index contributed by atoms with van der Waals surface area (Å²) in [6.07, 6.45) is 0. The third-order valence-electron chi connectivity index (χ3n) is 5.25. The van der Waals surface area contributed by atoms with Crippen molar-refractivity contribution < 1.29 is 14.2 Å².